The number of carbonyl (C=O) groups excluding carboxylic acids is 1. The lowest BCUT2D eigenvalue weighted by Gasteiger charge is -2.20. The van der Waals surface area contributed by atoms with Gasteiger partial charge in [0.25, 0.3) is 5.91 Å². The fourth-order valence-corrected chi connectivity index (χ4v) is 1.49. The second-order valence-electron chi connectivity index (χ2n) is 4.19. The quantitative estimate of drug-likeness (QED) is 0.790. The Balaban J connectivity index is 2.93. The number of benzene rings is 1. The molecule has 110 valence electrons. The molecule has 20 heavy (non-hydrogen) atoms. The number of nitrogens with one attached hydrogen (secondary N) is 1. The van der Waals surface area contributed by atoms with E-state index in [1.807, 2.05) is 0 Å². The number of hydrogen-bond acceptors (Lipinski definition) is 3. The molecule has 0 aromatic heterocycles. The van der Waals surface area contributed by atoms with Gasteiger partial charge < -0.3 is 15.5 Å². The van der Waals surface area contributed by atoms with Crippen LogP contribution in [-0.2, 0) is 4.79 Å². The monoisotopic (exact) mass is 291 g/mol. The molecule has 0 radical (unpaired) electrons. The first-order valence-corrected chi connectivity index (χ1v) is 5.50. The fourth-order valence-electron chi connectivity index (χ4n) is 1.49. The van der Waals surface area contributed by atoms with Crippen molar-refractivity contribution >= 4 is 11.9 Å². The van der Waals surface area contributed by atoms with E-state index in [0.29, 0.717) is 5.56 Å². The van der Waals surface area contributed by atoms with E-state index in [2.05, 4.69) is 0 Å². The second-order valence-corrected chi connectivity index (χ2v) is 4.19. The molecule has 3 N–H and O–H groups in total. The summed E-state index contributed by atoms with van der Waals surface area (Å²) in [7, 11) is 0. The van der Waals surface area contributed by atoms with E-state index in [0.717, 1.165) is 6.07 Å². The summed E-state index contributed by atoms with van der Waals surface area (Å²) in [6.45, 7) is 1.63. The van der Waals surface area contributed by atoms with E-state index in [1.54, 1.807) is 12.2 Å². The predicted molar refractivity (Wildman–Crippen MR) is 62.4 cm³/mol. The third-order valence-electron chi connectivity index (χ3n) is 2.48. The molecular weight excluding hydrogens is 279 g/mol. The molecule has 1 rings (SSSR count). The van der Waals surface area contributed by atoms with Crippen molar-refractivity contribution in [3.63, 3.8) is 0 Å². The van der Waals surface area contributed by atoms with Gasteiger partial charge in [-0.15, -0.1) is 0 Å². The molecule has 0 aliphatic rings. The maximum atomic E-state index is 12.6. The highest BCUT2D eigenvalue weighted by Crippen LogP contribution is 2.24. The SMILES string of the molecule is Cc1ccc(C(=O)NC(CC(=O)O)C(F)(F)F)c(O)c1. The van der Waals surface area contributed by atoms with Crippen LogP contribution in [0, 0.1) is 6.92 Å². The maximum Gasteiger partial charge on any atom is 0.409 e. The number of carbonyl (C=O) groups is 2. The Kier molecular flexibility index (Phi) is 4.59. The average molecular weight is 291 g/mol. The number of aryl methyl sites for hydroxylation is 1. The molecule has 1 aromatic rings. The summed E-state index contributed by atoms with van der Waals surface area (Å²) in [5.74, 6) is -3.36. The molecule has 1 atom stereocenters. The summed E-state index contributed by atoms with van der Waals surface area (Å²) in [5.41, 5.74) is 0.271. The first-order valence-electron chi connectivity index (χ1n) is 5.50. The van der Waals surface area contributed by atoms with Crippen molar-refractivity contribution < 1.29 is 33.0 Å². The van der Waals surface area contributed by atoms with Gasteiger partial charge >= 0.3 is 12.1 Å². The molecule has 1 unspecified atom stereocenters. The zero-order valence-corrected chi connectivity index (χ0v) is 10.4. The van der Waals surface area contributed by atoms with Gasteiger partial charge in [-0.05, 0) is 24.6 Å². The van der Waals surface area contributed by atoms with Crippen LogP contribution in [-0.4, -0.2) is 34.3 Å². The number of amides is 1. The molecule has 0 aliphatic carbocycles. The summed E-state index contributed by atoms with van der Waals surface area (Å²) < 4.78 is 37.7. The molecular formula is C12H12F3NO4. The first kappa shape index (κ1) is 15.8. The minimum Gasteiger partial charge on any atom is -0.507 e. The van der Waals surface area contributed by atoms with E-state index in [4.69, 9.17) is 5.11 Å². The smallest absolute Gasteiger partial charge is 0.409 e. The van der Waals surface area contributed by atoms with Gasteiger partial charge in [-0.3, -0.25) is 9.59 Å². The largest absolute Gasteiger partial charge is 0.507 e. The van der Waals surface area contributed by atoms with Crippen molar-refractivity contribution in [1.82, 2.24) is 5.32 Å². The molecule has 0 spiro atoms. The maximum absolute atomic E-state index is 12.6. The van der Waals surface area contributed by atoms with Crippen molar-refractivity contribution in [1.29, 1.82) is 0 Å². The molecule has 0 bridgehead atoms. The molecule has 0 heterocycles. The average Bonchev–Trinajstić information content (AvgIpc) is 2.25. The van der Waals surface area contributed by atoms with E-state index in [1.165, 1.54) is 12.1 Å². The first-order chi connectivity index (χ1) is 9.11. The number of phenolic OH excluding ortho intramolecular Hbond substituents is 1. The Morgan fingerprint density at radius 1 is 1.35 bits per heavy atom. The minimum atomic E-state index is -4.89. The zero-order chi connectivity index (χ0) is 15.5. The van der Waals surface area contributed by atoms with Crippen molar-refractivity contribution in [3.8, 4) is 5.75 Å². The second kappa shape index (κ2) is 5.81. The third kappa shape index (κ3) is 4.15. The van der Waals surface area contributed by atoms with Crippen LogP contribution in [0.5, 0.6) is 5.75 Å². The predicted octanol–water partition coefficient (Wildman–Crippen LogP) is 1.84. The number of carboxylic acids is 1. The number of aliphatic carboxylic acids is 1. The number of rotatable bonds is 4. The highest BCUT2D eigenvalue weighted by Gasteiger charge is 2.42. The van der Waals surface area contributed by atoms with Gasteiger partial charge in [0.2, 0.25) is 0 Å². The van der Waals surface area contributed by atoms with E-state index in [9.17, 15) is 27.9 Å². The van der Waals surface area contributed by atoms with E-state index < -0.39 is 36.3 Å². The highest BCUT2D eigenvalue weighted by molar-refractivity contribution is 5.97. The van der Waals surface area contributed by atoms with Crippen molar-refractivity contribution in [3.05, 3.63) is 29.3 Å². The van der Waals surface area contributed by atoms with Crippen molar-refractivity contribution in [2.24, 2.45) is 0 Å². The molecule has 1 aromatic carbocycles. The van der Waals surface area contributed by atoms with Gasteiger partial charge in [0.1, 0.15) is 11.8 Å². The zero-order valence-electron chi connectivity index (χ0n) is 10.4. The van der Waals surface area contributed by atoms with Gasteiger partial charge in [-0.2, -0.15) is 13.2 Å². The minimum absolute atomic E-state index is 0.352. The lowest BCUT2D eigenvalue weighted by molar-refractivity contribution is -0.165. The molecule has 5 nitrogen and oxygen atoms in total. The normalized spacial score (nSPS) is 12.8. The van der Waals surface area contributed by atoms with Gasteiger partial charge in [-0.1, -0.05) is 6.07 Å². The Morgan fingerprint density at radius 2 is 1.95 bits per heavy atom. The van der Waals surface area contributed by atoms with Gasteiger partial charge in [0.05, 0.1) is 12.0 Å². The summed E-state index contributed by atoms with van der Waals surface area (Å²) in [6.07, 6.45) is -6.18. The highest BCUT2D eigenvalue weighted by atomic mass is 19.4. The number of hydrogen-bond donors (Lipinski definition) is 3. The fraction of sp³-hybridized carbons (Fsp3) is 0.333. The standard InChI is InChI=1S/C12H12F3NO4/c1-6-2-3-7(8(17)4-6)11(20)16-9(5-10(18)19)12(13,14)15/h2-4,9,17H,5H2,1H3,(H,16,20)(H,18,19). The Labute approximate surface area is 112 Å². The molecule has 0 aliphatic heterocycles. The van der Waals surface area contributed by atoms with Gasteiger partial charge in [-0.25, -0.2) is 0 Å². The number of alkyl halides is 3. The lowest BCUT2D eigenvalue weighted by Crippen LogP contribution is -2.46. The summed E-state index contributed by atoms with van der Waals surface area (Å²) in [6, 6.07) is 1.30. The van der Waals surface area contributed by atoms with Gasteiger partial charge in [0, 0.05) is 0 Å². The van der Waals surface area contributed by atoms with Crippen LogP contribution in [0.25, 0.3) is 0 Å². The number of aromatic hydroxyl groups is 1. The van der Waals surface area contributed by atoms with Gasteiger partial charge in [0.15, 0.2) is 0 Å². The van der Waals surface area contributed by atoms with Crippen LogP contribution in [0.3, 0.4) is 0 Å². The summed E-state index contributed by atoms with van der Waals surface area (Å²) in [4.78, 5) is 22.0. The molecule has 0 saturated heterocycles. The molecule has 8 heteroatoms. The Morgan fingerprint density at radius 3 is 2.40 bits per heavy atom. The Bertz CT molecular complexity index is 528. The topological polar surface area (TPSA) is 86.6 Å². The van der Waals surface area contributed by atoms with Crippen molar-refractivity contribution in [2.45, 2.75) is 25.6 Å². The number of phenols is 1. The van der Waals surface area contributed by atoms with Crippen LogP contribution in [0.4, 0.5) is 13.2 Å². The summed E-state index contributed by atoms with van der Waals surface area (Å²) >= 11 is 0. The van der Waals surface area contributed by atoms with Crippen molar-refractivity contribution in [2.75, 3.05) is 0 Å². The van der Waals surface area contributed by atoms with Crippen LogP contribution in [0.15, 0.2) is 18.2 Å². The van der Waals surface area contributed by atoms with Crippen LogP contribution in [0.2, 0.25) is 0 Å². The van der Waals surface area contributed by atoms with Crippen LogP contribution >= 0.6 is 0 Å². The number of carboxylic acid groups (broad SMARTS) is 1. The van der Waals surface area contributed by atoms with Crippen LogP contribution < -0.4 is 5.32 Å². The number of halogens is 3. The van der Waals surface area contributed by atoms with Crippen LogP contribution in [0.1, 0.15) is 22.3 Å². The van der Waals surface area contributed by atoms with E-state index in [-0.39, 0.29) is 5.56 Å². The molecule has 0 fully saturated rings. The lowest BCUT2D eigenvalue weighted by atomic mass is 10.1. The molecule has 0 saturated carbocycles. The Hall–Kier alpha value is -2.25. The molecule has 1 amide bonds. The van der Waals surface area contributed by atoms with E-state index >= 15 is 0 Å². The summed E-state index contributed by atoms with van der Waals surface area (Å²) in [5, 5.41) is 19.5. The third-order valence-corrected chi connectivity index (χ3v) is 2.48.